The third kappa shape index (κ3) is 6.08. The van der Waals surface area contributed by atoms with E-state index in [4.69, 9.17) is 9.97 Å². The zero-order valence-electron chi connectivity index (χ0n) is 25.2. The normalized spacial score (nSPS) is 13.1. The summed E-state index contributed by atoms with van der Waals surface area (Å²) in [6, 6.07) is 10.8. The zero-order valence-corrected chi connectivity index (χ0v) is 25.2. The number of rotatable bonds is 8. The molecule has 4 aromatic rings. The Morgan fingerprint density at radius 2 is 1.26 bits per heavy atom. The van der Waals surface area contributed by atoms with Crippen molar-refractivity contribution >= 4 is 0 Å². The van der Waals surface area contributed by atoms with Gasteiger partial charge in [-0.05, 0) is 91.1 Å². The van der Waals surface area contributed by atoms with Gasteiger partial charge < -0.3 is 0 Å². The van der Waals surface area contributed by atoms with Crippen molar-refractivity contribution in [3.8, 4) is 17.1 Å². The molecule has 0 bridgehead atoms. The highest BCUT2D eigenvalue weighted by atomic mass is 19.4. The van der Waals surface area contributed by atoms with Crippen LogP contribution >= 0.6 is 0 Å². The van der Waals surface area contributed by atoms with Crippen LogP contribution in [0.4, 0.5) is 22.0 Å². The Morgan fingerprint density at radius 3 is 1.79 bits per heavy atom. The Hall–Kier alpha value is -3.69. The summed E-state index contributed by atoms with van der Waals surface area (Å²) in [5, 5.41) is 3.76. The minimum atomic E-state index is -4.59. The molecule has 0 spiro atoms. The van der Waals surface area contributed by atoms with Crippen LogP contribution in [0.5, 0.6) is 0 Å². The molecule has 0 aliphatic carbocycles. The van der Waals surface area contributed by atoms with Gasteiger partial charge in [-0.3, -0.25) is 4.98 Å². The summed E-state index contributed by atoms with van der Waals surface area (Å²) in [6.07, 6.45) is -1.80. The lowest BCUT2D eigenvalue weighted by atomic mass is 9.76. The molecule has 0 N–H and O–H groups in total. The molecule has 0 aliphatic rings. The van der Waals surface area contributed by atoms with Crippen LogP contribution in [0.25, 0.3) is 17.1 Å². The summed E-state index contributed by atoms with van der Waals surface area (Å²) >= 11 is 0. The predicted molar refractivity (Wildman–Crippen MR) is 153 cm³/mol. The largest absolute Gasteiger partial charge is 0.435 e. The molecular weight excluding hydrogens is 549 g/mol. The van der Waals surface area contributed by atoms with Crippen molar-refractivity contribution in [3.63, 3.8) is 0 Å². The first-order chi connectivity index (χ1) is 19.4. The van der Waals surface area contributed by atoms with E-state index in [0.717, 1.165) is 40.8 Å². The van der Waals surface area contributed by atoms with E-state index in [1.54, 1.807) is 12.1 Å². The number of halogens is 5. The van der Waals surface area contributed by atoms with Gasteiger partial charge in [-0.15, -0.1) is 0 Å². The van der Waals surface area contributed by atoms with E-state index in [1.807, 2.05) is 39.8 Å². The number of hydrogen-bond acceptors (Lipinski definition) is 4. The summed E-state index contributed by atoms with van der Waals surface area (Å²) in [5.74, 6) is -1.66. The number of hydrogen-bond donors (Lipinski definition) is 0. The zero-order chi connectivity index (χ0) is 31.3. The molecular formula is C32H36F5N5. The molecule has 0 saturated carbocycles. The Labute approximate surface area is 243 Å². The Kier molecular flexibility index (Phi) is 8.08. The summed E-state index contributed by atoms with van der Waals surface area (Å²) in [7, 11) is 0. The molecule has 224 valence electrons. The molecule has 0 aromatic carbocycles. The van der Waals surface area contributed by atoms with Gasteiger partial charge in [-0.25, -0.2) is 9.67 Å². The molecule has 4 aromatic heterocycles. The molecule has 5 nitrogen and oxygen atoms in total. The van der Waals surface area contributed by atoms with Gasteiger partial charge in [-0.1, -0.05) is 41.5 Å². The van der Waals surface area contributed by atoms with Crippen molar-refractivity contribution in [1.82, 2.24) is 24.7 Å². The average Bonchev–Trinajstić information content (AvgIpc) is 3.44. The summed E-state index contributed by atoms with van der Waals surface area (Å²) in [5.41, 5.74) is 0.742. The highest BCUT2D eigenvalue weighted by Gasteiger charge is 2.35. The Balaban J connectivity index is 1.97. The van der Waals surface area contributed by atoms with Gasteiger partial charge in [0.25, 0.3) is 0 Å². The lowest BCUT2D eigenvalue weighted by Crippen LogP contribution is -2.27. The summed E-state index contributed by atoms with van der Waals surface area (Å²) in [6.45, 7) is 16.2. The van der Waals surface area contributed by atoms with E-state index in [1.165, 1.54) is 12.3 Å². The minimum absolute atomic E-state index is 0.0629. The smallest absolute Gasteiger partial charge is 0.252 e. The van der Waals surface area contributed by atoms with E-state index in [2.05, 4.69) is 37.8 Å². The SMILES string of the molecule is CCC(C)(C)c1cc(-c2ccc(F)nc2F)nc(C(C)(C)c2cc(C(C)(C)CC)cc(-n3ccc(C(F)(F)F)n3)n2)c1. The van der Waals surface area contributed by atoms with Crippen molar-refractivity contribution in [2.45, 2.75) is 90.7 Å². The first-order valence-corrected chi connectivity index (χ1v) is 13.9. The van der Waals surface area contributed by atoms with E-state index in [9.17, 15) is 22.0 Å². The minimum Gasteiger partial charge on any atom is -0.252 e. The van der Waals surface area contributed by atoms with Crippen LogP contribution in [0.2, 0.25) is 0 Å². The van der Waals surface area contributed by atoms with Crippen LogP contribution in [0.15, 0.2) is 48.7 Å². The predicted octanol–water partition coefficient (Wildman–Crippen LogP) is 8.72. The highest BCUT2D eigenvalue weighted by molar-refractivity contribution is 5.61. The third-order valence-electron chi connectivity index (χ3n) is 8.45. The fourth-order valence-electron chi connectivity index (χ4n) is 4.47. The second-order valence-electron chi connectivity index (χ2n) is 12.4. The maximum Gasteiger partial charge on any atom is 0.435 e. The van der Waals surface area contributed by atoms with Gasteiger partial charge in [0.1, 0.15) is 0 Å². The van der Waals surface area contributed by atoms with Gasteiger partial charge >= 0.3 is 6.18 Å². The van der Waals surface area contributed by atoms with Crippen molar-refractivity contribution < 1.29 is 22.0 Å². The van der Waals surface area contributed by atoms with Gasteiger partial charge in [0.2, 0.25) is 11.9 Å². The first kappa shape index (κ1) is 31.3. The molecule has 0 fully saturated rings. The third-order valence-corrected chi connectivity index (χ3v) is 8.45. The monoisotopic (exact) mass is 585 g/mol. The molecule has 10 heteroatoms. The molecule has 0 unspecified atom stereocenters. The van der Waals surface area contributed by atoms with E-state index in [0.29, 0.717) is 17.1 Å². The van der Waals surface area contributed by atoms with Crippen molar-refractivity contribution in [2.75, 3.05) is 0 Å². The molecule has 0 amide bonds. The molecule has 0 saturated heterocycles. The number of alkyl halides is 3. The van der Waals surface area contributed by atoms with Crippen molar-refractivity contribution in [1.29, 1.82) is 0 Å². The van der Waals surface area contributed by atoms with Crippen LogP contribution in [0.1, 0.15) is 96.4 Å². The van der Waals surface area contributed by atoms with E-state index >= 15 is 0 Å². The van der Waals surface area contributed by atoms with Crippen LogP contribution in [0.3, 0.4) is 0 Å². The molecule has 4 heterocycles. The second-order valence-corrected chi connectivity index (χ2v) is 12.4. The number of aromatic nitrogens is 5. The highest BCUT2D eigenvalue weighted by Crippen LogP contribution is 2.39. The summed E-state index contributed by atoms with van der Waals surface area (Å²) < 4.78 is 69.7. The standard InChI is InChI=1S/C32H36F5N5/c1-9-29(3,4)19-15-22(21-11-12-26(33)40-28(21)34)38-24(16-19)31(7,8)25-17-20(30(5,6)10-2)18-27(39-25)42-14-13-23(41-42)32(35,36)37/h11-18H,9-10H2,1-8H3. The fourth-order valence-corrected chi connectivity index (χ4v) is 4.47. The topological polar surface area (TPSA) is 56.5 Å². The van der Waals surface area contributed by atoms with Crippen molar-refractivity contribution in [2.24, 2.45) is 0 Å². The second kappa shape index (κ2) is 10.9. The van der Waals surface area contributed by atoms with E-state index in [-0.39, 0.29) is 22.2 Å². The molecule has 0 aliphatic heterocycles. The Morgan fingerprint density at radius 1 is 0.690 bits per heavy atom. The summed E-state index contributed by atoms with van der Waals surface area (Å²) in [4.78, 5) is 13.0. The Bertz CT molecular complexity index is 1600. The van der Waals surface area contributed by atoms with Crippen molar-refractivity contribution in [3.05, 3.63) is 88.8 Å². The molecule has 0 atom stereocenters. The van der Waals surface area contributed by atoms with Gasteiger partial charge in [0, 0.05) is 11.6 Å². The van der Waals surface area contributed by atoms with Gasteiger partial charge in [0.15, 0.2) is 11.5 Å². The maximum absolute atomic E-state index is 14.9. The molecule has 4 rings (SSSR count). The van der Waals surface area contributed by atoms with Crippen LogP contribution < -0.4 is 0 Å². The lowest BCUT2D eigenvalue weighted by molar-refractivity contribution is -0.141. The average molecular weight is 586 g/mol. The first-order valence-electron chi connectivity index (χ1n) is 13.9. The van der Waals surface area contributed by atoms with Crippen LogP contribution in [-0.4, -0.2) is 24.7 Å². The van der Waals surface area contributed by atoms with Crippen LogP contribution in [0, 0.1) is 11.9 Å². The molecule has 42 heavy (non-hydrogen) atoms. The quantitative estimate of drug-likeness (QED) is 0.153. The van der Waals surface area contributed by atoms with Gasteiger partial charge in [-0.2, -0.15) is 32.0 Å². The maximum atomic E-state index is 14.9. The van der Waals surface area contributed by atoms with Gasteiger partial charge in [0.05, 0.1) is 22.6 Å². The van der Waals surface area contributed by atoms with Crippen LogP contribution in [-0.2, 0) is 22.4 Å². The number of pyridine rings is 3. The van der Waals surface area contributed by atoms with E-state index < -0.39 is 29.2 Å². The number of nitrogens with zero attached hydrogens (tertiary/aromatic N) is 5. The molecule has 0 radical (unpaired) electrons. The lowest BCUT2D eigenvalue weighted by Gasteiger charge is -2.31. The fraction of sp³-hybridized carbons (Fsp3) is 0.438.